The summed E-state index contributed by atoms with van der Waals surface area (Å²) in [4.78, 5) is 16.4. The molecule has 4 nitrogen and oxygen atoms in total. The van der Waals surface area contributed by atoms with Crippen molar-refractivity contribution in [3.05, 3.63) is 102 Å². The standard InChI is InChI=1S/C26H31N3O/c1-20(29(4)19-21-15-17-24(18-16-21)28(2)3)26(30)27-25(22-11-7-5-8-12-22)23-13-9-6-10-14-23/h5-18,20,25H,19H2,1-4H3,(H,27,30)/p+1/t20-/m1/s1. The van der Waals surface area contributed by atoms with Gasteiger partial charge in [-0.1, -0.05) is 72.8 Å². The van der Waals surface area contributed by atoms with Gasteiger partial charge in [0, 0.05) is 25.3 Å². The molecule has 3 aromatic rings. The minimum absolute atomic E-state index is 0.0510. The van der Waals surface area contributed by atoms with E-state index in [0.717, 1.165) is 22.6 Å². The van der Waals surface area contributed by atoms with Crippen LogP contribution in [0.4, 0.5) is 5.69 Å². The van der Waals surface area contributed by atoms with Crippen molar-refractivity contribution in [2.75, 3.05) is 26.0 Å². The summed E-state index contributed by atoms with van der Waals surface area (Å²) >= 11 is 0. The molecule has 0 saturated heterocycles. The van der Waals surface area contributed by atoms with Crippen molar-refractivity contribution in [2.24, 2.45) is 0 Å². The Morgan fingerprint density at radius 2 is 1.37 bits per heavy atom. The molecule has 4 heteroatoms. The van der Waals surface area contributed by atoms with Crippen LogP contribution in [0.3, 0.4) is 0 Å². The lowest BCUT2D eigenvalue weighted by Crippen LogP contribution is -3.12. The first-order valence-corrected chi connectivity index (χ1v) is 10.4. The van der Waals surface area contributed by atoms with Crippen molar-refractivity contribution in [1.82, 2.24) is 5.32 Å². The number of rotatable bonds is 8. The Labute approximate surface area is 180 Å². The Morgan fingerprint density at radius 3 is 1.83 bits per heavy atom. The van der Waals surface area contributed by atoms with E-state index in [1.165, 1.54) is 11.3 Å². The van der Waals surface area contributed by atoms with Gasteiger partial charge in [-0.3, -0.25) is 4.79 Å². The zero-order valence-electron chi connectivity index (χ0n) is 18.3. The molecule has 3 aromatic carbocycles. The molecule has 0 fully saturated rings. The number of nitrogens with one attached hydrogen (secondary N) is 2. The van der Waals surface area contributed by atoms with E-state index in [9.17, 15) is 4.79 Å². The molecule has 1 unspecified atom stereocenters. The van der Waals surface area contributed by atoms with E-state index in [0.29, 0.717) is 0 Å². The maximum absolute atomic E-state index is 13.1. The highest BCUT2D eigenvalue weighted by molar-refractivity contribution is 5.80. The summed E-state index contributed by atoms with van der Waals surface area (Å²) < 4.78 is 0. The molecule has 0 heterocycles. The molecular formula is C26H32N3O+. The van der Waals surface area contributed by atoms with Gasteiger partial charge in [0.05, 0.1) is 13.1 Å². The highest BCUT2D eigenvalue weighted by atomic mass is 16.2. The SMILES string of the molecule is C[C@H](C(=O)NC(c1ccccc1)c1ccccc1)[NH+](C)Cc1ccc(N(C)C)cc1. The van der Waals surface area contributed by atoms with Crippen molar-refractivity contribution in [3.63, 3.8) is 0 Å². The Bertz CT molecular complexity index is 884. The lowest BCUT2D eigenvalue weighted by molar-refractivity contribution is -0.908. The average Bonchev–Trinajstić information content (AvgIpc) is 2.78. The van der Waals surface area contributed by atoms with Crippen LogP contribution >= 0.6 is 0 Å². The smallest absolute Gasteiger partial charge is 0.278 e. The number of amides is 1. The molecule has 0 aliphatic carbocycles. The number of carbonyl (C=O) groups excluding carboxylic acids is 1. The van der Waals surface area contributed by atoms with E-state index in [1.54, 1.807) is 0 Å². The molecule has 0 radical (unpaired) electrons. The molecule has 3 rings (SSSR count). The van der Waals surface area contributed by atoms with E-state index >= 15 is 0 Å². The van der Waals surface area contributed by atoms with Crippen LogP contribution in [-0.2, 0) is 11.3 Å². The molecule has 0 aliphatic rings. The summed E-state index contributed by atoms with van der Waals surface area (Å²) in [6.45, 7) is 2.79. The summed E-state index contributed by atoms with van der Waals surface area (Å²) in [5, 5.41) is 3.27. The molecule has 30 heavy (non-hydrogen) atoms. The quantitative estimate of drug-likeness (QED) is 0.608. The van der Waals surface area contributed by atoms with Crippen LogP contribution in [0.2, 0.25) is 0 Å². The maximum atomic E-state index is 13.1. The first kappa shape index (κ1) is 21.6. The monoisotopic (exact) mass is 402 g/mol. The number of anilines is 1. The second kappa shape index (κ2) is 10.1. The Balaban J connectivity index is 1.70. The molecule has 0 bridgehead atoms. The molecule has 2 N–H and O–H groups in total. The van der Waals surface area contributed by atoms with Gasteiger partial charge in [-0.2, -0.15) is 0 Å². The third-order valence-electron chi connectivity index (χ3n) is 5.62. The van der Waals surface area contributed by atoms with Gasteiger partial charge in [-0.25, -0.2) is 0 Å². The van der Waals surface area contributed by atoms with Gasteiger partial charge in [0.15, 0.2) is 6.04 Å². The lowest BCUT2D eigenvalue weighted by Gasteiger charge is -2.25. The van der Waals surface area contributed by atoms with E-state index < -0.39 is 0 Å². The zero-order valence-corrected chi connectivity index (χ0v) is 18.3. The minimum Gasteiger partial charge on any atom is -0.378 e. The number of nitrogens with zero attached hydrogens (tertiary/aromatic N) is 1. The number of quaternary nitrogens is 1. The normalized spacial score (nSPS) is 13.0. The number of carbonyl (C=O) groups is 1. The Morgan fingerprint density at radius 1 is 0.867 bits per heavy atom. The fourth-order valence-corrected chi connectivity index (χ4v) is 3.53. The second-order valence-electron chi connectivity index (χ2n) is 8.07. The molecule has 2 atom stereocenters. The Kier molecular flexibility index (Phi) is 7.26. The lowest BCUT2D eigenvalue weighted by atomic mass is 9.98. The summed E-state index contributed by atoms with van der Waals surface area (Å²) in [5.41, 5.74) is 4.57. The molecule has 0 spiro atoms. The molecule has 0 aromatic heterocycles. The summed E-state index contributed by atoms with van der Waals surface area (Å²) in [7, 11) is 6.15. The predicted octanol–water partition coefficient (Wildman–Crippen LogP) is 3.06. The fourth-order valence-electron chi connectivity index (χ4n) is 3.53. The Hall–Kier alpha value is -3.11. The van der Waals surface area contributed by atoms with Crippen LogP contribution in [0.1, 0.15) is 29.7 Å². The number of hydrogen-bond donors (Lipinski definition) is 2. The average molecular weight is 403 g/mol. The molecule has 156 valence electrons. The van der Waals surface area contributed by atoms with Crippen molar-refractivity contribution in [3.8, 4) is 0 Å². The largest absolute Gasteiger partial charge is 0.378 e. The van der Waals surface area contributed by atoms with Crippen LogP contribution in [-0.4, -0.2) is 33.1 Å². The highest BCUT2D eigenvalue weighted by Gasteiger charge is 2.25. The first-order valence-electron chi connectivity index (χ1n) is 10.4. The second-order valence-corrected chi connectivity index (χ2v) is 8.07. The van der Waals surface area contributed by atoms with Crippen molar-refractivity contribution < 1.29 is 9.69 Å². The van der Waals surface area contributed by atoms with Crippen LogP contribution in [0.15, 0.2) is 84.9 Å². The van der Waals surface area contributed by atoms with Crippen molar-refractivity contribution in [2.45, 2.75) is 25.6 Å². The van der Waals surface area contributed by atoms with Crippen LogP contribution in [0.25, 0.3) is 0 Å². The number of benzene rings is 3. The minimum atomic E-state index is -0.173. The third kappa shape index (κ3) is 5.49. The third-order valence-corrected chi connectivity index (χ3v) is 5.62. The van der Waals surface area contributed by atoms with E-state index in [4.69, 9.17) is 0 Å². The fraction of sp³-hybridized carbons (Fsp3) is 0.269. The van der Waals surface area contributed by atoms with Crippen LogP contribution in [0, 0.1) is 0 Å². The van der Waals surface area contributed by atoms with Gasteiger partial charge < -0.3 is 15.1 Å². The van der Waals surface area contributed by atoms with Gasteiger partial charge in [-0.15, -0.1) is 0 Å². The van der Waals surface area contributed by atoms with Gasteiger partial charge in [-0.05, 0) is 30.2 Å². The summed E-state index contributed by atoms with van der Waals surface area (Å²) in [6, 6.07) is 28.5. The van der Waals surface area contributed by atoms with Gasteiger partial charge in [0.1, 0.15) is 6.54 Å². The predicted molar refractivity (Wildman–Crippen MR) is 124 cm³/mol. The molecule has 0 aliphatic heterocycles. The summed E-state index contributed by atoms with van der Waals surface area (Å²) in [6.07, 6.45) is 0. The highest BCUT2D eigenvalue weighted by Crippen LogP contribution is 2.21. The summed E-state index contributed by atoms with van der Waals surface area (Å²) in [5.74, 6) is 0.0510. The first-order chi connectivity index (χ1) is 14.5. The maximum Gasteiger partial charge on any atom is 0.278 e. The molecule has 0 saturated carbocycles. The van der Waals surface area contributed by atoms with Crippen LogP contribution in [0.5, 0.6) is 0 Å². The van der Waals surface area contributed by atoms with Crippen molar-refractivity contribution >= 4 is 11.6 Å². The van der Waals surface area contributed by atoms with Gasteiger partial charge in [0.2, 0.25) is 0 Å². The van der Waals surface area contributed by atoms with Crippen molar-refractivity contribution in [1.29, 1.82) is 0 Å². The van der Waals surface area contributed by atoms with E-state index in [2.05, 4.69) is 65.8 Å². The van der Waals surface area contributed by atoms with Crippen LogP contribution < -0.4 is 15.1 Å². The number of hydrogen-bond acceptors (Lipinski definition) is 2. The molecule has 1 amide bonds. The topological polar surface area (TPSA) is 36.8 Å². The van der Waals surface area contributed by atoms with E-state index in [-0.39, 0.29) is 18.0 Å². The number of likely N-dealkylation sites (N-methyl/N-ethyl adjacent to an activating group) is 1. The van der Waals surface area contributed by atoms with E-state index in [1.807, 2.05) is 57.4 Å². The van der Waals surface area contributed by atoms with Gasteiger partial charge >= 0.3 is 0 Å². The van der Waals surface area contributed by atoms with Gasteiger partial charge in [0.25, 0.3) is 5.91 Å². The molecular weight excluding hydrogens is 370 g/mol. The zero-order chi connectivity index (χ0) is 21.5.